The molecular weight excluding hydrogens is 242 g/mol. The summed E-state index contributed by atoms with van der Waals surface area (Å²) in [6.45, 7) is 2.78. The van der Waals surface area contributed by atoms with Gasteiger partial charge in [0.25, 0.3) is 0 Å². The number of benzene rings is 1. The van der Waals surface area contributed by atoms with E-state index >= 15 is 0 Å². The van der Waals surface area contributed by atoms with Gasteiger partial charge in [-0.3, -0.25) is 4.68 Å². The highest BCUT2D eigenvalue weighted by atomic mass is 16.6. The Bertz CT molecular complexity index is 566. The Morgan fingerprint density at radius 3 is 3.00 bits per heavy atom. The summed E-state index contributed by atoms with van der Waals surface area (Å²) in [5.74, 6) is 1.71. The van der Waals surface area contributed by atoms with Gasteiger partial charge >= 0.3 is 0 Å². The number of nitrogens with zero attached hydrogens (tertiary/aromatic N) is 2. The van der Waals surface area contributed by atoms with Crippen molar-refractivity contribution in [2.24, 2.45) is 7.05 Å². The lowest BCUT2D eigenvalue weighted by Gasteiger charge is -2.21. The van der Waals surface area contributed by atoms with Crippen LogP contribution in [-0.2, 0) is 20.1 Å². The van der Waals surface area contributed by atoms with Crippen LogP contribution in [0.5, 0.6) is 11.5 Å². The fourth-order valence-electron chi connectivity index (χ4n) is 2.18. The molecule has 100 valence electrons. The van der Waals surface area contributed by atoms with Crippen molar-refractivity contribution in [2.45, 2.75) is 13.1 Å². The van der Waals surface area contributed by atoms with Crippen molar-refractivity contribution < 1.29 is 9.47 Å². The van der Waals surface area contributed by atoms with Crippen LogP contribution in [0.4, 0.5) is 0 Å². The van der Waals surface area contributed by atoms with Crippen LogP contribution in [0.1, 0.15) is 11.1 Å². The lowest BCUT2D eigenvalue weighted by atomic mass is 10.1. The van der Waals surface area contributed by atoms with Crippen molar-refractivity contribution in [1.29, 1.82) is 0 Å². The van der Waals surface area contributed by atoms with E-state index in [0.29, 0.717) is 13.2 Å². The molecule has 0 spiro atoms. The quantitative estimate of drug-likeness (QED) is 0.903. The second-order valence-corrected chi connectivity index (χ2v) is 4.57. The average Bonchev–Trinajstić information content (AvgIpc) is 2.85. The van der Waals surface area contributed by atoms with E-state index in [2.05, 4.69) is 16.5 Å². The van der Waals surface area contributed by atoms with E-state index in [1.807, 2.05) is 31.6 Å². The van der Waals surface area contributed by atoms with Crippen LogP contribution in [0.3, 0.4) is 0 Å². The van der Waals surface area contributed by atoms with Gasteiger partial charge in [-0.05, 0) is 6.07 Å². The number of para-hydroxylation sites is 1. The van der Waals surface area contributed by atoms with E-state index in [-0.39, 0.29) is 0 Å². The molecule has 3 rings (SSSR count). The lowest BCUT2D eigenvalue weighted by molar-refractivity contribution is 0.169. The molecule has 0 fully saturated rings. The number of aryl methyl sites for hydroxylation is 1. The van der Waals surface area contributed by atoms with Crippen molar-refractivity contribution >= 4 is 0 Å². The summed E-state index contributed by atoms with van der Waals surface area (Å²) in [6, 6.07) is 6.00. The summed E-state index contributed by atoms with van der Waals surface area (Å²) in [4.78, 5) is 0. The third-order valence-corrected chi connectivity index (χ3v) is 3.05. The molecule has 1 aliphatic heterocycles. The predicted molar refractivity (Wildman–Crippen MR) is 71.2 cm³/mol. The van der Waals surface area contributed by atoms with Crippen molar-refractivity contribution in [3.05, 3.63) is 41.7 Å². The van der Waals surface area contributed by atoms with E-state index < -0.39 is 0 Å². The Balaban J connectivity index is 1.64. The van der Waals surface area contributed by atoms with Crippen LogP contribution in [0, 0.1) is 0 Å². The largest absolute Gasteiger partial charge is 0.486 e. The molecule has 1 aromatic carbocycles. The molecule has 5 heteroatoms. The average molecular weight is 259 g/mol. The molecule has 0 aliphatic carbocycles. The SMILES string of the molecule is Cn1cc(CNCc2cccc3c2OCCO3)cn1. The molecule has 2 heterocycles. The van der Waals surface area contributed by atoms with Gasteiger partial charge in [-0.1, -0.05) is 12.1 Å². The molecule has 0 bridgehead atoms. The predicted octanol–water partition coefficient (Wildman–Crippen LogP) is 1.48. The Hall–Kier alpha value is -2.01. The number of nitrogens with one attached hydrogen (secondary N) is 1. The first-order valence-corrected chi connectivity index (χ1v) is 6.38. The van der Waals surface area contributed by atoms with Gasteiger partial charge in [0.05, 0.1) is 6.20 Å². The van der Waals surface area contributed by atoms with Crippen molar-refractivity contribution in [3.63, 3.8) is 0 Å². The zero-order valence-electron chi connectivity index (χ0n) is 10.9. The first-order chi connectivity index (χ1) is 9.33. The Morgan fingerprint density at radius 1 is 1.26 bits per heavy atom. The van der Waals surface area contributed by atoms with Gasteiger partial charge in [-0.15, -0.1) is 0 Å². The van der Waals surface area contributed by atoms with E-state index in [0.717, 1.165) is 30.2 Å². The highest BCUT2D eigenvalue weighted by molar-refractivity contribution is 5.47. The fraction of sp³-hybridized carbons (Fsp3) is 0.357. The van der Waals surface area contributed by atoms with E-state index in [1.54, 1.807) is 4.68 Å². The minimum Gasteiger partial charge on any atom is -0.486 e. The van der Waals surface area contributed by atoms with E-state index in [9.17, 15) is 0 Å². The van der Waals surface area contributed by atoms with Gasteiger partial charge in [-0.25, -0.2) is 0 Å². The molecule has 5 nitrogen and oxygen atoms in total. The summed E-state index contributed by atoms with van der Waals surface area (Å²) in [5, 5.41) is 7.54. The summed E-state index contributed by atoms with van der Waals surface area (Å²) < 4.78 is 13.0. The van der Waals surface area contributed by atoms with E-state index in [4.69, 9.17) is 9.47 Å². The number of hydrogen-bond acceptors (Lipinski definition) is 4. The third kappa shape index (κ3) is 2.71. The van der Waals surface area contributed by atoms with E-state index in [1.165, 1.54) is 5.56 Å². The molecule has 0 amide bonds. The van der Waals surface area contributed by atoms with Crippen LogP contribution in [-0.4, -0.2) is 23.0 Å². The van der Waals surface area contributed by atoms with Crippen molar-refractivity contribution in [3.8, 4) is 11.5 Å². The minimum absolute atomic E-state index is 0.618. The Kier molecular flexibility index (Phi) is 3.37. The molecule has 0 unspecified atom stereocenters. The molecule has 2 aromatic rings. The second-order valence-electron chi connectivity index (χ2n) is 4.57. The maximum absolute atomic E-state index is 5.68. The van der Waals surface area contributed by atoms with Gasteiger partial charge in [-0.2, -0.15) is 5.10 Å². The van der Waals surface area contributed by atoms with Gasteiger partial charge in [0.2, 0.25) is 0 Å². The highest BCUT2D eigenvalue weighted by Gasteiger charge is 2.14. The molecule has 0 radical (unpaired) electrons. The molecule has 0 saturated carbocycles. The fourth-order valence-corrected chi connectivity index (χ4v) is 2.18. The Labute approximate surface area is 112 Å². The molecule has 1 aliphatic rings. The van der Waals surface area contributed by atoms with Gasteiger partial charge < -0.3 is 14.8 Å². The maximum atomic E-state index is 5.68. The number of fused-ring (bicyclic) bond motifs is 1. The highest BCUT2D eigenvalue weighted by Crippen LogP contribution is 2.33. The molecule has 19 heavy (non-hydrogen) atoms. The topological polar surface area (TPSA) is 48.3 Å². The number of hydrogen-bond donors (Lipinski definition) is 1. The molecule has 0 saturated heterocycles. The smallest absolute Gasteiger partial charge is 0.165 e. The second kappa shape index (κ2) is 5.32. The lowest BCUT2D eigenvalue weighted by Crippen LogP contribution is -2.19. The number of aromatic nitrogens is 2. The summed E-state index contributed by atoms with van der Waals surface area (Å²) >= 11 is 0. The molecular formula is C14H17N3O2. The molecule has 1 N–H and O–H groups in total. The Morgan fingerprint density at radius 2 is 2.16 bits per heavy atom. The van der Waals surface area contributed by atoms with Crippen LogP contribution in [0.2, 0.25) is 0 Å². The molecule has 0 atom stereocenters. The number of rotatable bonds is 4. The summed E-state index contributed by atoms with van der Waals surface area (Å²) in [6.07, 6.45) is 3.88. The van der Waals surface area contributed by atoms with Gasteiger partial charge in [0, 0.05) is 37.5 Å². The monoisotopic (exact) mass is 259 g/mol. The summed E-state index contributed by atoms with van der Waals surface area (Å²) in [5.41, 5.74) is 2.30. The third-order valence-electron chi connectivity index (χ3n) is 3.05. The number of ether oxygens (including phenoxy) is 2. The first kappa shape index (κ1) is 12.0. The van der Waals surface area contributed by atoms with Crippen LogP contribution in [0.15, 0.2) is 30.6 Å². The van der Waals surface area contributed by atoms with Gasteiger partial charge in [0.1, 0.15) is 13.2 Å². The van der Waals surface area contributed by atoms with Crippen molar-refractivity contribution in [1.82, 2.24) is 15.1 Å². The van der Waals surface area contributed by atoms with Crippen LogP contribution in [0.25, 0.3) is 0 Å². The zero-order chi connectivity index (χ0) is 13.1. The standard InChI is InChI=1S/C14H17N3O2/c1-17-10-11(8-16-17)7-15-9-12-3-2-4-13-14(12)19-6-5-18-13/h2-4,8,10,15H,5-7,9H2,1H3. The van der Waals surface area contributed by atoms with Gasteiger partial charge in [0.15, 0.2) is 11.5 Å². The van der Waals surface area contributed by atoms with Crippen molar-refractivity contribution in [2.75, 3.05) is 13.2 Å². The van der Waals surface area contributed by atoms with Crippen LogP contribution >= 0.6 is 0 Å². The maximum Gasteiger partial charge on any atom is 0.165 e. The first-order valence-electron chi connectivity index (χ1n) is 6.38. The summed E-state index contributed by atoms with van der Waals surface area (Å²) in [7, 11) is 1.92. The zero-order valence-corrected chi connectivity index (χ0v) is 10.9. The molecule has 1 aromatic heterocycles. The van der Waals surface area contributed by atoms with Crippen LogP contribution < -0.4 is 14.8 Å². The minimum atomic E-state index is 0.618. The normalized spacial score (nSPS) is 13.5.